The van der Waals surface area contributed by atoms with Gasteiger partial charge in [0.05, 0.1) is 37.9 Å². The maximum absolute atomic E-state index is 15.5. The molecule has 0 spiro atoms. The Bertz CT molecular complexity index is 1800. The Morgan fingerprint density at radius 3 is 0.958 bits per heavy atom. The standard InChI is InChI=1S/C57H90N3O7PS3/c1-10-13-16-19-22-34-55(61)58-52(46-28-25-31-49(37-46)69-43(4)5)40-65-68(64,66-41-53(59-56(62)35-23-20-17-14-11-2)47-29-26-32-50(38-47)70-44(6)7)67-42-54(60-57(63)36-24-21-18-15-12-3)48-30-27-33-51(39-48)71-45(8)9/h25-33,37-39,43-45,52-54H,10-24,34-36,40-42H2,1-9H3,(H,58,61)(H,59,62)(H,60,63). The van der Waals surface area contributed by atoms with Crippen molar-refractivity contribution in [3.8, 4) is 0 Å². The van der Waals surface area contributed by atoms with Gasteiger partial charge in [0, 0.05) is 49.7 Å². The highest BCUT2D eigenvalue weighted by molar-refractivity contribution is 8.00. The normalized spacial score (nSPS) is 13.8. The van der Waals surface area contributed by atoms with Crippen molar-refractivity contribution in [3.05, 3.63) is 89.5 Å². The molecule has 0 aliphatic rings. The van der Waals surface area contributed by atoms with Crippen LogP contribution in [0.3, 0.4) is 0 Å². The fraction of sp³-hybridized carbons (Fsp3) is 0.632. The zero-order valence-corrected chi connectivity index (χ0v) is 48.1. The van der Waals surface area contributed by atoms with Crippen LogP contribution in [0, 0.1) is 0 Å². The third kappa shape index (κ3) is 27.4. The average molecular weight is 1060 g/mol. The van der Waals surface area contributed by atoms with Gasteiger partial charge < -0.3 is 16.0 Å². The molecule has 0 heterocycles. The fourth-order valence-electron chi connectivity index (χ4n) is 7.97. The second-order valence-electron chi connectivity index (χ2n) is 19.4. The Hall–Kier alpha value is -2.77. The largest absolute Gasteiger partial charge is 0.475 e. The molecule has 0 aliphatic heterocycles. The number of unbranched alkanes of at least 4 members (excludes halogenated alkanes) is 12. The molecule has 0 saturated carbocycles. The van der Waals surface area contributed by atoms with E-state index in [0.29, 0.717) is 35.0 Å². The first-order valence-corrected chi connectivity index (χ1v) is 30.9. The van der Waals surface area contributed by atoms with Crippen LogP contribution in [0.25, 0.3) is 0 Å². The Balaban J connectivity index is 2.07. The topological polar surface area (TPSA) is 132 Å². The lowest BCUT2D eigenvalue weighted by Crippen LogP contribution is -2.33. The van der Waals surface area contributed by atoms with Gasteiger partial charge in [0.25, 0.3) is 0 Å². The molecule has 10 nitrogen and oxygen atoms in total. The van der Waals surface area contributed by atoms with Crippen LogP contribution in [0.5, 0.6) is 0 Å². The summed E-state index contributed by atoms with van der Waals surface area (Å²) >= 11 is 5.15. The second-order valence-corrected chi connectivity index (χ2v) is 26.0. The lowest BCUT2D eigenvalue weighted by atomic mass is 10.1. The van der Waals surface area contributed by atoms with Crippen LogP contribution in [-0.4, -0.2) is 53.3 Å². The van der Waals surface area contributed by atoms with E-state index in [0.717, 1.165) is 128 Å². The van der Waals surface area contributed by atoms with E-state index in [1.165, 1.54) is 0 Å². The summed E-state index contributed by atoms with van der Waals surface area (Å²) in [6, 6.07) is 21.9. The third-order valence-corrected chi connectivity index (χ3v) is 16.0. The van der Waals surface area contributed by atoms with Gasteiger partial charge in [-0.2, -0.15) is 0 Å². The summed E-state index contributed by atoms with van der Waals surface area (Å²) in [5.74, 6) is -0.370. The molecule has 71 heavy (non-hydrogen) atoms. The quantitative estimate of drug-likeness (QED) is 0.0288. The van der Waals surface area contributed by atoms with Gasteiger partial charge in [0.1, 0.15) is 0 Å². The highest BCUT2D eigenvalue weighted by atomic mass is 32.2. The maximum Gasteiger partial charge on any atom is 0.475 e. The number of amides is 3. The first kappa shape index (κ1) is 62.5. The van der Waals surface area contributed by atoms with E-state index in [1.807, 2.05) is 72.8 Å². The number of carbonyl (C=O) groups excluding carboxylic acids is 3. The molecule has 0 bridgehead atoms. The van der Waals surface area contributed by atoms with Crippen LogP contribution >= 0.6 is 43.1 Å². The molecule has 3 atom stereocenters. The lowest BCUT2D eigenvalue weighted by Gasteiger charge is -2.27. The summed E-state index contributed by atoms with van der Waals surface area (Å²) in [5.41, 5.74) is 2.40. The van der Waals surface area contributed by atoms with E-state index in [-0.39, 0.29) is 37.5 Å². The number of phosphoric ester groups is 1. The summed E-state index contributed by atoms with van der Waals surface area (Å²) in [4.78, 5) is 44.1. The molecule has 3 aromatic carbocycles. The summed E-state index contributed by atoms with van der Waals surface area (Å²) in [6.07, 6.45) is 16.2. The van der Waals surface area contributed by atoms with Crippen molar-refractivity contribution in [1.29, 1.82) is 0 Å². The van der Waals surface area contributed by atoms with Crippen LogP contribution in [0.1, 0.15) is 213 Å². The number of nitrogens with one attached hydrogen (secondary N) is 3. The molecule has 0 radical (unpaired) electrons. The number of hydrogen-bond donors (Lipinski definition) is 3. The third-order valence-electron chi connectivity index (χ3n) is 11.6. The number of benzene rings is 3. The zero-order valence-electron chi connectivity index (χ0n) is 44.8. The van der Waals surface area contributed by atoms with E-state index in [4.69, 9.17) is 13.6 Å². The van der Waals surface area contributed by atoms with Gasteiger partial charge in [-0.15, -0.1) is 35.3 Å². The molecule has 0 aliphatic carbocycles. The highest BCUT2D eigenvalue weighted by Crippen LogP contribution is 2.51. The minimum atomic E-state index is -4.55. The molecular weight excluding hydrogens is 966 g/mol. The Labute approximate surface area is 442 Å². The summed E-state index contributed by atoms with van der Waals surface area (Å²) in [5, 5.41) is 10.6. The van der Waals surface area contributed by atoms with Gasteiger partial charge in [-0.25, -0.2) is 4.57 Å². The molecule has 0 fully saturated rings. The van der Waals surface area contributed by atoms with Crippen LogP contribution in [0.15, 0.2) is 87.5 Å². The molecule has 0 saturated heterocycles. The minimum Gasteiger partial charge on any atom is -0.347 e. The summed E-state index contributed by atoms with van der Waals surface area (Å²) < 4.78 is 34.8. The Kier molecular flexibility index (Phi) is 31.9. The summed E-state index contributed by atoms with van der Waals surface area (Å²) in [6.45, 7) is 18.6. The molecule has 3 amide bonds. The van der Waals surface area contributed by atoms with E-state index in [1.54, 1.807) is 35.3 Å². The average Bonchev–Trinajstić information content (AvgIpc) is 3.32. The molecule has 3 N–H and O–H groups in total. The van der Waals surface area contributed by atoms with Crippen LogP contribution in [0.2, 0.25) is 0 Å². The van der Waals surface area contributed by atoms with Gasteiger partial charge in [0.2, 0.25) is 17.7 Å². The van der Waals surface area contributed by atoms with Crippen LogP contribution in [0.4, 0.5) is 0 Å². The Morgan fingerprint density at radius 1 is 0.437 bits per heavy atom. The van der Waals surface area contributed by atoms with E-state index < -0.39 is 25.9 Å². The van der Waals surface area contributed by atoms with Gasteiger partial charge in [-0.05, 0) is 72.4 Å². The maximum atomic E-state index is 15.5. The van der Waals surface area contributed by atoms with Crippen molar-refractivity contribution < 1.29 is 32.5 Å². The smallest absolute Gasteiger partial charge is 0.347 e. The lowest BCUT2D eigenvalue weighted by molar-refractivity contribution is -0.123. The molecular formula is C57H90N3O7PS3. The fourth-order valence-corrected chi connectivity index (χ4v) is 11.9. The predicted molar refractivity (Wildman–Crippen MR) is 301 cm³/mol. The van der Waals surface area contributed by atoms with Crippen LogP contribution in [-0.2, 0) is 32.5 Å². The predicted octanol–water partition coefficient (Wildman–Crippen LogP) is 16.3. The number of hydrogen-bond acceptors (Lipinski definition) is 10. The molecule has 3 unspecified atom stereocenters. The van der Waals surface area contributed by atoms with Gasteiger partial charge in [-0.1, -0.05) is 176 Å². The highest BCUT2D eigenvalue weighted by Gasteiger charge is 2.33. The molecule has 3 aromatic rings. The first-order chi connectivity index (χ1) is 34.1. The number of rotatable bonds is 39. The molecule has 3 rings (SSSR count). The van der Waals surface area contributed by atoms with Gasteiger partial charge in [0.15, 0.2) is 0 Å². The number of phosphoric acid groups is 1. The Morgan fingerprint density at radius 2 is 0.704 bits per heavy atom. The minimum absolute atomic E-state index is 0.123. The van der Waals surface area contributed by atoms with Crippen molar-refractivity contribution in [1.82, 2.24) is 16.0 Å². The second kappa shape index (κ2) is 36.2. The van der Waals surface area contributed by atoms with E-state index in [9.17, 15) is 14.4 Å². The van der Waals surface area contributed by atoms with E-state index in [2.05, 4.69) is 78.3 Å². The van der Waals surface area contributed by atoms with Crippen molar-refractivity contribution >= 4 is 60.8 Å². The molecule has 14 heteroatoms. The van der Waals surface area contributed by atoms with Gasteiger partial charge in [-0.3, -0.25) is 28.0 Å². The zero-order chi connectivity index (χ0) is 51.9. The first-order valence-electron chi connectivity index (χ1n) is 26.8. The molecule has 0 aromatic heterocycles. The van der Waals surface area contributed by atoms with Crippen molar-refractivity contribution in [2.45, 2.75) is 226 Å². The van der Waals surface area contributed by atoms with Crippen LogP contribution < -0.4 is 16.0 Å². The van der Waals surface area contributed by atoms with Crippen molar-refractivity contribution in [3.63, 3.8) is 0 Å². The number of thioether (sulfide) groups is 3. The SMILES string of the molecule is CCCCCCCC(=O)NC(COP(=O)(OCC(NC(=O)CCCCCCC)c1cccc(SC(C)C)c1)OCC(NC(=O)CCCCCCC)c1cccc(SC(C)C)c1)c1cccc(SC(C)C)c1. The monoisotopic (exact) mass is 1060 g/mol. The molecule has 398 valence electrons. The van der Waals surface area contributed by atoms with Crippen molar-refractivity contribution in [2.24, 2.45) is 0 Å². The van der Waals surface area contributed by atoms with Gasteiger partial charge >= 0.3 is 7.82 Å². The van der Waals surface area contributed by atoms with E-state index >= 15 is 4.57 Å². The number of carbonyl (C=O) groups is 3. The van der Waals surface area contributed by atoms with Crippen molar-refractivity contribution in [2.75, 3.05) is 19.8 Å². The summed E-state index contributed by atoms with van der Waals surface area (Å²) in [7, 11) is -4.55.